The first kappa shape index (κ1) is 29.9. The van der Waals surface area contributed by atoms with E-state index in [0.717, 1.165) is 38.9 Å². The van der Waals surface area contributed by atoms with E-state index in [0.29, 0.717) is 0 Å². The van der Waals surface area contributed by atoms with Crippen molar-refractivity contribution in [3.8, 4) is 0 Å². The van der Waals surface area contributed by atoms with Crippen LogP contribution in [0.15, 0.2) is 0 Å². The summed E-state index contributed by atoms with van der Waals surface area (Å²) in [6, 6.07) is 0. The standard InChI is InChI=1S/C28H58O2/c1-5-9-13-15-17-19-21-23-25-28(29-26-11-7-3,30-27-12-8-4)24-22-20-18-16-14-10-6-2/h5-27H2,1-4H3. The minimum atomic E-state index is -0.310. The SMILES string of the molecule is CCCCCCCCCCC(CCCCCCCCC)(OCCCC)OCCCC. The zero-order valence-electron chi connectivity index (χ0n) is 21.6. The normalized spacial score (nSPS) is 12.0. The topological polar surface area (TPSA) is 18.5 Å². The van der Waals surface area contributed by atoms with Crippen molar-refractivity contribution in [2.75, 3.05) is 13.2 Å². The van der Waals surface area contributed by atoms with E-state index in [2.05, 4.69) is 27.7 Å². The van der Waals surface area contributed by atoms with Crippen molar-refractivity contribution in [1.29, 1.82) is 0 Å². The van der Waals surface area contributed by atoms with Gasteiger partial charge in [-0.05, 0) is 25.7 Å². The molecule has 182 valence electrons. The Morgan fingerprint density at radius 3 is 1.00 bits per heavy atom. The maximum atomic E-state index is 6.50. The van der Waals surface area contributed by atoms with Crippen molar-refractivity contribution < 1.29 is 9.47 Å². The van der Waals surface area contributed by atoms with Crippen molar-refractivity contribution in [3.05, 3.63) is 0 Å². The van der Waals surface area contributed by atoms with E-state index in [-0.39, 0.29) is 5.79 Å². The fourth-order valence-corrected chi connectivity index (χ4v) is 4.14. The molecule has 0 saturated carbocycles. The third kappa shape index (κ3) is 18.7. The molecule has 0 spiro atoms. The first-order valence-electron chi connectivity index (χ1n) is 14.0. The van der Waals surface area contributed by atoms with Gasteiger partial charge in [0.05, 0.1) is 13.2 Å². The van der Waals surface area contributed by atoms with Crippen molar-refractivity contribution in [2.24, 2.45) is 0 Å². The zero-order valence-corrected chi connectivity index (χ0v) is 21.6. The second-order valence-electron chi connectivity index (χ2n) is 9.41. The molecule has 0 saturated heterocycles. The fourth-order valence-electron chi connectivity index (χ4n) is 4.14. The van der Waals surface area contributed by atoms with Gasteiger partial charge in [-0.2, -0.15) is 0 Å². The third-order valence-electron chi connectivity index (χ3n) is 6.30. The summed E-state index contributed by atoms with van der Waals surface area (Å²) in [6.07, 6.45) is 27.3. The van der Waals surface area contributed by atoms with Crippen LogP contribution in [-0.2, 0) is 9.47 Å². The summed E-state index contributed by atoms with van der Waals surface area (Å²) < 4.78 is 13.0. The summed E-state index contributed by atoms with van der Waals surface area (Å²) >= 11 is 0. The number of hydrogen-bond donors (Lipinski definition) is 0. The molecule has 0 aromatic rings. The highest BCUT2D eigenvalue weighted by Gasteiger charge is 2.30. The van der Waals surface area contributed by atoms with E-state index < -0.39 is 0 Å². The average Bonchev–Trinajstić information content (AvgIpc) is 2.75. The minimum absolute atomic E-state index is 0.310. The van der Waals surface area contributed by atoms with Crippen molar-refractivity contribution in [1.82, 2.24) is 0 Å². The highest BCUT2D eigenvalue weighted by atomic mass is 16.7. The first-order chi connectivity index (χ1) is 14.7. The van der Waals surface area contributed by atoms with E-state index in [4.69, 9.17) is 9.47 Å². The Kier molecular flexibility index (Phi) is 23.5. The van der Waals surface area contributed by atoms with Gasteiger partial charge in [0.2, 0.25) is 0 Å². The fraction of sp³-hybridized carbons (Fsp3) is 1.00. The molecule has 0 aliphatic carbocycles. The molecule has 0 fully saturated rings. The lowest BCUT2D eigenvalue weighted by molar-refractivity contribution is -0.247. The van der Waals surface area contributed by atoms with Gasteiger partial charge in [0.15, 0.2) is 5.79 Å². The predicted molar refractivity (Wildman–Crippen MR) is 134 cm³/mol. The Hall–Kier alpha value is -0.0800. The maximum absolute atomic E-state index is 6.50. The Balaban J connectivity index is 4.46. The molecule has 0 aromatic carbocycles. The highest BCUT2D eigenvalue weighted by Crippen LogP contribution is 2.30. The Bertz CT molecular complexity index is 306. The monoisotopic (exact) mass is 426 g/mol. The van der Waals surface area contributed by atoms with Crippen LogP contribution in [0, 0.1) is 0 Å². The molecule has 0 aliphatic rings. The number of rotatable bonds is 25. The molecule has 0 amide bonds. The largest absolute Gasteiger partial charge is 0.350 e. The highest BCUT2D eigenvalue weighted by molar-refractivity contribution is 4.72. The van der Waals surface area contributed by atoms with Gasteiger partial charge in [-0.3, -0.25) is 0 Å². The van der Waals surface area contributed by atoms with E-state index in [1.165, 1.54) is 109 Å². The molecule has 0 aliphatic heterocycles. The maximum Gasteiger partial charge on any atom is 0.168 e. The van der Waals surface area contributed by atoms with Gasteiger partial charge in [-0.1, -0.05) is 124 Å². The molecular formula is C28H58O2. The molecule has 0 rings (SSSR count). The quantitative estimate of drug-likeness (QED) is 0.107. The summed E-state index contributed by atoms with van der Waals surface area (Å²) in [5.74, 6) is -0.310. The van der Waals surface area contributed by atoms with Gasteiger partial charge < -0.3 is 9.47 Å². The first-order valence-corrected chi connectivity index (χ1v) is 14.0. The van der Waals surface area contributed by atoms with E-state index in [9.17, 15) is 0 Å². The molecule has 0 bridgehead atoms. The molecule has 2 heteroatoms. The number of hydrogen-bond acceptors (Lipinski definition) is 2. The molecular weight excluding hydrogens is 368 g/mol. The van der Waals surface area contributed by atoms with E-state index in [1.54, 1.807) is 0 Å². The summed E-state index contributed by atoms with van der Waals surface area (Å²) in [4.78, 5) is 0. The Morgan fingerprint density at radius 1 is 0.367 bits per heavy atom. The van der Waals surface area contributed by atoms with Crippen LogP contribution in [0.1, 0.15) is 163 Å². The molecule has 0 unspecified atom stereocenters. The second kappa shape index (κ2) is 23.6. The number of unbranched alkanes of at least 4 members (excludes halogenated alkanes) is 15. The van der Waals surface area contributed by atoms with Crippen molar-refractivity contribution >= 4 is 0 Å². The zero-order chi connectivity index (χ0) is 22.2. The average molecular weight is 427 g/mol. The van der Waals surface area contributed by atoms with Crippen LogP contribution < -0.4 is 0 Å². The van der Waals surface area contributed by atoms with Gasteiger partial charge >= 0.3 is 0 Å². The molecule has 0 atom stereocenters. The summed E-state index contributed by atoms with van der Waals surface area (Å²) in [7, 11) is 0. The lowest BCUT2D eigenvalue weighted by Gasteiger charge is -2.34. The summed E-state index contributed by atoms with van der Waals surface area (Å²) in [5.41, 5.74) is 0. The second-order valence-corrected chi connectivity index (χ2v) is 9.41. The van der Waals surface area contributed by atoms with Crippen LogP contribution in [0.2, 0.25) is 0 Å². The van der Waals surface area contributed by atoms with Crippen LogP contribution in [0.25, 0.3) is 0 Å². The van der Waals surface area contributed by atoms with Crippen LogP contribution >= 0.6 is 0 Å². The van der Waals surface area contributed by atoms with Crippen LogP contribution in [-0.4, -0.2) is 19.0 Å². The van der Waals surface area contributed by atoms with Crippen LogP contribution in [0.4, 0.5) is 0 Å². The van der Waals surface area contributed by atoms with Crippen LogP contribution in [0.3, 0.4) is 0 Å². The van der Waals surface area contributed by atoms with Gasteiger partial charge in [0.25, 0.3) is 0 Å². The van der Waals surface area contributed by atoms with Crippen molar-refractivity contribution in [2.45, 2.75) is 168 Å². The number of ether oxygens (including phenoxy) is 2. The molecule has 30 heavy (non-hydrogen) atoms. The van der Waals surface area contributed by atoms with Crippen molar-refractivity contribution in [3.63, 3.8) is 0 Å². The molecule has 2 nitrogen and oxygen atoms in total. The van der Waals surface area contributed by atoms with Gasteiger partial charge in [-0.25, -0.2) is 0 Å². The minimum Gasteiger partial charge on any atom is -0.350 e. The molecule has 0 radical (unpaired) electrons. The molecule has 0 heterocycles. The van der Waals surface area contributed by atoms with Gasteiger partial charge in [-0.15, -0.1) is 0 Å². The van der Waals surface area contributed by atoms with Gasteiger partial charge in [0.1, 0.15) is 0 Å². The predicted octanol–water partition coefficient (Wildman–Crippen LogP) is 9.99. The van der Waals surface area contributed by atoms with Crippen LogP contribution in [0.5, 0.6) is 0 Å². The third-order valence-corrected chi connectivity index (χ3v) is 6.30. The lowest BCUT2D eigenvalue weighted by Crippen LogP contribution is -2.37. The smallest absolute Gasteiger partial charge is 0.168 e. The molecule has 0 N–H and O–H groups in total. The Morgan fingerprint density at radius 2 is 0.667 bits per heavy atom. The van der Waals surface area contributed by atoms with Gasteiger partial charge in [0, 0.05) is 12.8 Å². The van der Waals surface area contributed by atoms with E-state index in [1.807, 2.05) is 0 Å². The summed E-state index contributed by atoms with van der Waals surface area (Å²) in [6.45, 7) is 10.8. The lowest BCUT2D eigenvalue weighted by atomic mass is 9.98. The van der Waals surface area contributed by atoms with E-state index >= 15 is 0 Å². The Labute approximate surface area is 191 Å². The molecule has 0 aromatic heterocycles. The summed E-state index contributed by atoms with van der Waals surface area (Å²) in [5, 5.41) is 0.